The van der Waals surface area contributed by atoms with Crippen molar-refractivity contribution >= 4 is 50.1 Å². The second-order valence-electron chi connectivity index (χ2n) is 8.98. The Morgan fingerprint density at radius 2 is 2.00 bits per heavy atom. The Morgan fingerprint density at radius 1 is 1.17 bits per heavy atom. The molecule has 36 heavy (non-hydrogen) atoms. The van der Waals surface area contributed by atoms with Crippen LogP contribution in [0.25, 0.3) is 32.8 Å². The summed E-state index contributed by atoms with van der Waals surface area (Å²) in [6, 6.07) is 11.3. The van der Waals surface area contributed by atoms with Crippen LogP contribution in [0, 0.1) is 13.8 Å². The average molecular weight is 498 g/mol. The molecule has 4 aromatic heterocycles. The molecule has 4 heterocycles. The lowest BCUT2D eigenvalue weighted by Gasteiger charge is -2.16. The van der Waals surface area contributed by atoms with E-state index in [1.807, 2.05) is 56.3 Å². The fraction of sp³-hybridized carbons (Fsp3) is 0.214. The zero-order valence-corrected chi connectivity index (χ0v) is 20.9. The number of carbonyl (C=O) groups is 1. The largest absolute Gasteiger partial charge is 0.465 e. The number of para-hydroxylation sites is 1. The normalized spacial score (nSPS) is 15.0. The van der Waals surface area contributed by atoms with Gasteiger partial charge in [-0.05, 0) is 74.6 Å². The minimum absolute atomic E-state index is 0.220. The first kappa shape index (κ1) is 22.4. The number of aromatic nitrogens is 3. The Hall–Kier alpha value is -4.04. The molecule has 0 fully saturated rings. The molecule has 0 amide bonds. The Bertz CT molecular complexity index is 1740. The predicted octanol–water partition coefficient (Wildman–Crippen LogP) is 6.15. The highest BCUT2D eigenvalue weighted by Gasteiger charge is 2.29. The molecule has 0 saturated heterocycles. The third kappa shape index (κ3) is 3.65. The van der Waals surface area contributed by atoms with Gasteiger partial charge >= 0.3 is 5.97 Å². The quantitative estimate of drug-likeness (QED) is 0.299. The first-order valence-corrected chi connectivity index (χ1v) is 12.6. The third-order valence-electron chi connectivity index (χ3n) is 6.73. The van der Waals surface area contributed by atoms with Gasteiger partial charge in [-0.25, -0.2) is 14.8 Å². The van der Waals surface area contributed by atoms with E-state index in [1.165, 1.54) is 11.3 Å². The highest BCUT2D eigenvalue weighted by Crippen LogP contribution is 2.38. The van der Waals surface area contributed by atoms with Crippen LogP contribution in [0.5, 0.6) is 0 Å². The molecule has 0 bridgehead atoms. The number of hydrogen-bond acceptors (Lipinski definition) is 7. The molecule has 0 unspecified atom stereocenters. The lowest BCUT2D eigenvalue weighted by Crippen LogP contribution is -2.18. The molecular weight excluding hydrogens is 474 g/mol. The molecule has 5 aromatic rings. The van der Waals surface area contributed by atoms with Crippen LogP contribution < -0.4 is 5.56 Å². The first-order chi connectivity index (χ1) is 17.4. The van der Waals surface area contributed by atoms with E-state index in [1.54, 1.807) is 13.2 Å². The number of aromatic amines is 1. The second-order valence-corrected chi connectivity index (χ2v) is 10.2. The highest BCUT2D eigenvalue weighted by atomic mass is 32.1. The van der Waals surface area contributed by atoms with Crippen molar-refractivity contribution in [3.8, 4) is 0 Å². The summed E-state index contributed by atoms with van der Waals surface area (Å²) in [6.45, 7) is 5.60. The maximum Gasteiger partial charge on any atom is 0.339 e. The van der Waals surface area contributed by atoms with Gasteiger partial charge in [-0.15, -0.1) is 11.3 Å². The Balaban J connectivity index is 1.40. The minimum atomic E-state index is -0.737. The van der Waals surface area contributed by atoms with E-state index in [0.29, 0.717) is 28.0 Å². The van der Waals surface area contributed by atoms with Gasteiger partial charge in [-0.2, -0.15) is 0 Å². The van der Waals surface area contributed by atoms with Crippen molar-refractivity contribution in [1.29, 1.82) is 0 Å². The summed E-state index contributed by atoms with van der Waals surface area (Å²) >= 11 is 1.47. The van der Waals surface area contributed by atoms with Crippen molar-refractivity contribution in [1.82, 2.24) is 15.0 Å². The molecule has 0 spiro atoms. The number of ether oxygens (including phenoxy) is 1. The van der Waals surface area contributed by atoms with Crippen molar-refractivity contribution in [3.05, 3.63) is 91.9 Å². The summed E-state index contributed by atoms with van der Waals surface area (Å²) < 4.78 is 11.4. The minimum Gasteiger partial charge on any atom is -0.465 e. The van der Waals surface area contributed by atoms with E-state index in [9.17, 15) is 9.59 Å². The number of furan rings is 1. The fourth-order valence-corrected chi connectivity index (χ4v) is 5.83. The number of hydrogen-bond donors (Lipinski definition) is 1. The van der Waals surface area contributed by atoms with Crippen molar-refractivity contribution in [2.45, 2.75) is 39.7 Å². The molecule has 0 saturated carbocycles. The van der Waals surface area contributed by atoms with Crippen LogP contribution in [0.4, 0.5) is 0 Å². The molecule has 1 atom stereocenters. The Kier molecular flexibility index (Phi) is 5.34. The number of carbonyl (C=O) groups excluding carboxylic acids is 1. The summed E-state index contributed by atoms with van der Waals surface area (Å²) in [7, 11) is 0. The van der Waals surface area contributed by atoms with Gasteiger partial charge in [0, 0.05) is 10.3 Å². The van der Waals surface area contributed by atoms with Gasteiger partial charge < -0.3 is 14.1 Å². The number of fused-ring (bicyclic) bond motifs is 3. The van der Waals surface area contributed by atoms with Crippen LogP contribution in [-0.4, -0.2) is 20.9 Å². The summed E-state index contributed by atoms with van der Waals surface area (Å²) in [5, 5.41) is 1.34. The molecule has 0 aliphatic heterocycles. The maximum atomic E-state index is 13.6. The number of aryl methyl sites for hydroxylation is 2. The lowest BCUT2D eigenvalue weighted by atomic mass is 10.0. The zero-order chi connectivity index (χ0) is 25.0. The van der Waals surface area contributed by atoms with Crippen molar-refractivity contribution in [2.75, 3.05) is 0 Å². The Labute approximate surface area is 210 Å². The SMILES string of the molecule is Cc1sc2nc([C@H](C)OC(=O)c3c4c(nc5ccccc35)/C(=C/c3ccco3)CC4)[nH]c(=O)c2c1C. The number of nitrogens with one attached hydrogen (secondary N) is 1. The van der Waals surface area contributed by atoms with E-state index in [0.717, 1.165) is 50.4 Å². The van der Waals surface area contributed by atoms with Crippen LogP contribution in [0.1, 0.15) is 63.1 Å². The summed E-state index contributed by atoms with van der Waals surface area (Å²) in [4.78, 5) is 40.4. The predicted molar refractivity (Wildman–Crippen MR) is 140 cm³/mol. The van der Waals surface area contributed by atoms with Crippen LogP contribution in [-0.2, 0) is 11.2 Å². The molecule has 6 rings (SSSR count). The number of thiophene rings is 1. The number of H-pyrrole nitrogens is 1. The van der Waals surface area contributed by atoms with Crippen LogP contribution in [0.15, 0.2) is 51.9 Å². The number of allylic oxidation sites excluding steroid dienone is 1. The summed E-state index contributed by atoms with van der Waals surface area (Å²) in [6.07, 6.45) is 4.29. The van der Waals surface area contributed by atoms with E-state index < -0.39 is 12.1 Å². The van der Waals surface area contributed by atoms with E-state index in [-0.39, 0.29) is 5.56 Å². The molecule has 180 valence electrons. The average Bonchev–Trinajstić information content (AvgIpc) is 3.58. The smallest absolute Gasteiger partial charge is 0.339 e. The summed E-state index contributed by atoms with van der Waals surface area (Å²) in [5.74, 6) is 0.614. The number of esters is 1. The molecule has 1 aromatic carbocycles. The third-order valence-corrected chi connectivity index (χ3v) is 7.83. The molecule has 1 aliphatic carbocycles. The number of pyridine rings is 1. The monoisotopic (exact) mass is 497 g/mol. The van der Waals surface area contributed by atoms with Gasteiger partial charge in [0.2, 0.25) is 0 Å². The van der Waals surface area contributed by atoms with Gasteiger partial charge in [0.25, 0.3) is 5.56 Å². The van der Waals surface area contributed by atoms with Crippen LogP contribution in [0.2, 0.25) is 0 Å². The van der Waals surface area contributed by atoms with Gasteiger partial charge in [0.15, 0.2) is 11.9 Å². The number of nitrogens with zero attached hydrogens (tertiary/aromatic N) is 2. The Morgan fingerprint density at radius 3 is 2.81 bits per heavy atom. The van der Waals surface area contributed by atoms with Crippen molar-refractivity contribution in [3.63, 3.8) is 0 Å². The zero-order valence-electron chi connectivity index (χ0n) is 20.0. The van der Waals surface area contributed by atoms with E-state index in [4.69, 9.17) is 14.1 Å². The molecular formula is C28H23N3O4S. The van der Waals surface area contributed by atoms with Gasteiger partial charge in [0.05, 0.1) is 28.4 Å². The summed E-state index contributed by atoms with van der Waals surface area (Å²) in [5.41, 5.74) is 4.62. The second kappa shape index (κ2) is 8.57. The topological polar surface area (TPSA) is 98.1 Å². The molecule has 1 N–H and O–H groups in total. The van der Waals surface area contributed by atoms with Crippen molar-refractivity contribution < 1.29 is 13.9 Å². The van der Waals surface area contributed by atoms with Crippen LogP contribution >= 0.6 is 11.3 Å². The van der Waals surface area contributed by atoms with Crippen LogP contribution in [0.3, 0.4) is 0 Å². The molecule has 0 radical (unpaired) electrons. The standard InChI is InChI=1S/C28H23N3O4S/c1-14-16(3)36-27-22(14)26(32)30-25(31-27)15(2)35-28(33)23-19-8-4-5-9-21(19)29-24-17(10-11-20(23)24)13-18-7-6-12-34-18/h4-9,12-13,15H,10-11H2,1-3H3,(H,30,31,32)/b17-13+/t15-/m0/s1. The number of rotatable bonds is 4. The number of benzene rings is 1. The molecule has 8 heteroatoms. The van der Waals surface area contributed by atoms with E-state index in [2.05, 4.69) is 9.97 Å². The highest BCUT2D eigenvalue weighted by molar-refractivity contribution is 7.18. The first-order valence-electron chi connectivity index (χ1n) is 11.8. The van der Waals surface area contributed by atoms with Crippen molar-refractivity contribution in [2.24, 2.45) is 0 Å². The maximum absolute atomic E-state index is 13.6. The molecule has 1 aliphatic rings. The van der Waals surface area contributed by atoms with Gasteiger partial charge in [-0.1, -0.05) is 18.2 Å². The van der Waals surface area contributed by atoms with Gasteiger partial charge in [-0.3, -0.25) is 4.79 Å². The van der Waals surface area contributed by atoms with Gasteiger partial charge in [0.1, 0.15) is 10.6 Å². The van der Waals surface area contributed by atoms with E-state index >= 15 is 0 Å². The lowest BCUT2D eigenvalue weighted by molar-refractivity contribution is 0.0321. The molecule has 7 nitrogen and oxygen atoms in total. The fourth-order valence-electron chi connectivity index (χ4n) is 4.80.